The molecular formula is C17H28N2O2. The van der Waals surface area contributed by atoms with Crippen molar-refractivity contribution < 1.29 is 9.84 Å². The van der Waals surface area contributed by atoms with E-state index in [4.69, 9.17) is 10.5 Å². The van der Waals surface area contributed by atoms with E-state index in [0.717, 1.165) is 5.75 Å². The summed E-state index contributed by atoms with van der Waals surface area (Å²) in [6.07, 6.45) is 6.31. The van der Waals surface area contributed by atoms with Crippen molar-refractivity contribution in [1.29, 1.82) is 0 Å². The van der Waals surface area contributed by atoms with Crippen LogP contribution in [0.2, 0.25) is 0 Å². The number of ether oxygens (including phenoxy) is 1. The van der Waals surface area contributed by atoms with Gasteiger partial charge in [-0.15, -0.1) is 0 Å². The molecule has 0 spiro atoms. The Bertz CT molecular complexity index is 419. The number of methoxy groups -OCH3 is 1. The number of aliphatic hydroxyl groups excluding tert-OH is 1. The first-order valence-corrected chi connectivity index (χ1v) is 8.00. The van der Waals surface area contributed by atoms with E-state index < -0.39 is 0 Å². The number of nitrogens with two attached hydrogens (primary N) is 1. The Labute approximate surface area is 127 Å². The fraction of sp³-hybridized carbons (Fsp3) is 0.647. The summed E-state index contributed by atoms with van der Waals surface area (Å²) in [6, 6.07) is 8.81. The highest BCUT2D eigenvalue weighted by atomic mass is 16.5. The molecule has 0 saturated heterocycles. The van der Waals surface area contributed by atoms with Crippen LogP contribution >= 0.6 is 0 Å². The molecule has 1 aliphatic carbocycles. The summed E-state index contributed by atoms with van der Waals surface area (Å²) in [5.41, 5.74) is 7.25. The summed E-state index contributed by atoms with van der Waals surface area (Å²) in [5, 5.41) is 9.45. The summed E-state index contributed by atoms with van der Waals surface area (Å²) in [5.74, 6) is 0.860. The number of benzene rings is 1. The van der Waals surface area contributed by atoms with Crippen molar-refractivity contribution in [3.05, 3.63) is 29.8 Å². The molecule has 0 aromatic heterocycles. The van der Waals surface area contributed by atoms with E-state index in [9.17, 15) is 5.11 Å². The van der Waals surface area contributed by atoms with Crippen LogP contribution in [0.4, 0.5) is 0 Å². The van der Waals surface area contributed by atoms with Gasteiger partial charge in [0, 0.05) is 25.2 Å². The monoisotopic (exact) mass is 292 g/mol. The molecule has 0 bridgehead atoms. The molecular weight excluding hydrogens is 264 g/mol. The summed E-state index contributed by atoms with van der Waals surface area (Å²) in [4.78, 5) is 2.40. The molecule has 1 aromatic rings. The van der Waals surface area contributed by atoms with E-state index >= 15 is 0 Å². The Kier molecular flexibility index (Phi) is 6.49. The fourth-order valence-electron chi connectivity index (χ4n) is 3.43. The van der Waals surface area contributed by atoms with Gasteiger partial charge in [0.2, 0.25) is 0 Å². The molecule has 0 aliphatic heterocycles. The zero-order valence-electron chi connectivity index (χ0n) is 13.0. The minimum Gasteiger partial charge on any atom is -0.497 e. The van der Waals surface area contributed by atoms with Gasteiger partial charge in [-0.05, 0) is 30.5 Å². The summed E-state index contributed by atoms with van der Waals surface area (Å²) >= 11 is 0. The Morgan fingerprint density at radius 1 is 1.33 bits per heavy atom. The third-order valence-corrected chi connectivity index (χ3v) is 4.50. The van der Waals surface area contributed by atoms with Crippen LogP contribution in [0, 0.1) is 0 Å². The summed E-state index contributed by atoms with van der Waals surface area (Å²) < 4.78 is 5.33. The molecule has 0 heterocycles. The van der Waals surface area contributed by atoms with Crippen LogP contribution in [0.15, 0.2) is 24.3 Å². The highest BCUT2D eigenvalue weighted by molar-refractivity contribution is 5.31. The third-order valence-electron chi connectivity index (χ3n) is 4.50. The molecule has 0 amide bonds. The molecule has 1 atom stereocenters. The largest absolute Gasteiger partial charge is 0.497 e. The Balaban J connectivity index is 2.21. The van der Waals surface area contributed by atoms with Crippen molar-refractivity contribution in [2.75, 3.05) is 26.8 Å². The predicted octanol–water partition coefficient (Wildman–Crippen LogP) is 2.32. The molecule has 1 aliphatic rings. The van der Waals surface area contributed by atoms with Gasteiger partial charge in [0.1, 0.15) is 5.75 Å². The molecule has 21 heavy (non-hydrogen) atoms. The maximum Gasteiger partial charge on any atom is 0.119 e. The zero-order chi connectivity index (χ0) is 15.1. The minimum absolute atomic E-state index is 0.148. The van der Waals surface area contributed by atoms with E-state index in [1.165, 1.54) is 37.7 Å². The van der Waals surface area contributed by atoms with Gasteiger partial charge in [-0.3, -0.25) is 4.90 Å². The topological polar surface area (TPSA) is 58.7 Å². The van der Waals surface area contributed by atoms with Crippen LogP contribution in [0.3, 0.4) is 0 Å². The molecule has 1 saturated carbocycles. The van der Waals surface area contributed by atoms with E-state index in [1.54, 1.807) is 7.11 Å². The van der Waals surface area contributed by atoms with Crippen LogP contribution in [0.25, 0.3) is 0 Å². The van der Waals surface area contributed by atoms with Crippen LogP contribution < -0.4 is 10.5 Å². The predicted molar refractivity (Wildman–Crippen MR) is 85.5 cm³/mol. The number of hydrogen-bond acceptors (Lipinski definition) is 4. The lowest BCUT2D eigenvalue weighted by Crippen LogP contribution is -2.44. The Morgan fingerprint density at radius 3 is 2.71 bits per heavy atom. The Morgan fingerprint density at radius 2 is 2.10 bits per heavy atom. The van der Waals surface area contributed by atoms with Gasteiger partial charge in [0.25, 0.3) is 0 Å². The molecule has 4 heteroatoms. The van der Waals surface area contributed by atoms with Crippen molar-refractivity contribution in [2.45, 2.75) is 44.2 Å². The molecule has 4 nitrogen and oxygen atoms in total. The zero-order valence-corrected chi connectivity index (χ0v) is 13.0. The minimum atomic E-state index is 0.148. The maximum atomic E-state index is 9.45. The van der Waals surface area contributed by atoms with Gasteiger partial charge in [-0.25, -0.2) is 0 Å². The van der Waals surface area contributed by atoms with Crippen molar-refractivity contribution in [1.82, 2.24) is 4.90 Å². The van der Waals surface area contributed by atoms with Crippen LogP contribution in [-0.4, -0.2) is 42.9 Å². The Hall–Kier alpha value is -1.10. The average Bonchev–Trinajstić information content (AvgIpc) is 2.56. The normalized spacial score (nSPS) is 17.9. The van der Waals surface area contributed by atoms with Gasteiger partial charge in [0.05, 0.1) is 13.7 Å². The molecule has 0 radical (unpaired) electrons. The lowest BCUT2D eigenvalue weighted by atomic mass is 9.91. The van der Waals surface area contributed by atoms with Gasteiger partial charge >= 0.3 is 0 Å². The van der Waals surface area contributed by atoms with E-state index in [1.807, 2.05) is 12.1 Å². The standard InChI is InChI=1S/C17H28N2O2/c1-21-16-9-5-6-14(12-16)17(13-18)19(10-11-20)15-7-3-2-4-8-15/h5-6,9,12,15,17,20H,2-4,7-8,10-11,13,18H2,1H3. The second-order valence-electron chi connectivity index (χ2n) is 5.78. The smallest absolute Gasteiger partial charge is 0.119 e. The third kappa shape index (κ3) is 4.19. The number of nitrogens with zero attached hydrogens (tertiary/aromatic N) is 1. The van der Waals surface area contributed by atoms with Crippen LogP contribution in [0.1, 0.15) is 43.7 Å². The molecule has 1 unspecified atom stereocenters. The lowest BCUT2D eigenvalue weighted by molar-refractivity contribution is 0.0828. The SMILES string of the molecule is COc1cccc(C(CN)N(CCO)C2CCCCC2)c1. The maximum absolute atomic E-state index is 9.45. The molecule has 118 valence electrons. The number of rotatable bonds is 7. The van der Waals surface area contributed by atoms with E-state index in [2.05, 4.69) is 17.0 Å². The molecule has 1 aromatic carbocycles. The van der Waals surface area contributed by atoms with Crippen LogP contribution in [0.5, 0.6) is 5.75 Å². The number of hydrogen-bond donors (Lipinski definition) is 2. The van der Waals surface area contributed by atoms with Gasteiger partial charge in [-0.1, -0.05) is 31.4 Å². The van der Waals surface area contributed by atoms with Crippen molar-refractivity contribution in [3.63, 3.8) is 0 Å². The van der Waals surface area contributed by atoms with Gasteiger partial charge in [0.15, 0.2) is 0 Å². The average molecular weight is 292 g/mol. The fourth-order valence-corrected chi connectivity index (χ4v) is 3.43. The quantitative estimate of drug-likeness (QED) is 0.810. The van der Waals surface area contributed by atoms with Crippen molar-refractivity contribution >= 4 is 0 Å². The van der Waals surface area contributed by atoms with Crippen LogP contribution in [-0.2, 0) is 0 Å². The number of aliphatic hydroxyl groups is 1. The second-order valence-corrected chi connectivity index (χ2v) is 5.78. The summed E-state index contributed by atoms with van der Waals surface area (Å²) in [7, 11) is 1.68. The first-order chi connectivity index (χ1) is 10.3. The first-order valence-electron chi connectivity index (χ1n) is 8.00. The van der Waals surface area contributed by atoms with Crippen molar-refractivity contribution in [2.24, 2.45) is 5.73 Å². The van der Waals surface area contributed by atoms with E-state index in [-0.39, 0.29) is 12.6 Å². The summed E-state index contributed by atoms with van der Waals surface area (Å²) in [6.45, 7) is 1.42. The molecule has 1 fully saturated rings. The van der Waals surface area contributed by atoms with E-state index in [0.29, 0.717) is 19.1 Å². The second kappa shape index (κ2) is 8.37. The first kappa shape index (κ1) is 16.3. The lowest BCUT2D eigenvalue weighted by Gasteiger charge is -2.39. The van der Waals surface area contributed by atoms with Gasteiger partial charge in [-0.2, -0.15) is 0 Å². The highest BCUT2D eigenvalue weighted by Crippen LogP contribution is 2.30. The molecule has 2 rings (SSSR count). The van der Waals surface area contributed by atoms with Gasteiger partial charge < -0.3 is 15.6 Å². The highest BCUT2D eigenvalue weighted by Gasteiger charge is 2.27. The van der Waals surface area contributed by atoms with Crippen molar-refractivity contribution in [3.8, 4) is 5.75 Å². The molecule has 3 N–H and O–H groups in total.